The highest BCUT2D eigenvalue weighted by atomic mass is 16.5. The number of carbonyl (C=O) groups is 2. The highest BCUT2D eigenvalue weighted by molar-refractivity contribution is 5.89. The lowest BCUT2D eigenvalue weighted by Crippen LogP contribution is -2.34. The molecule has 4 heteroatoms. The monoisotopic (exact) mass is 257 g/mol. The molecule has 2 aliphatic rings. The summed E-state index contributed by atoms with van der Waals surface area (Å²) in [6.07, 6.45) is 5.03. The average molecular weight is 257 g/mol. The van der Waals surface area contributed by atoms with Crippen LogP contribution >= 0.6 is 0 Å². The minimum atomic E-state index is -0.342. The first-order chi connectivity index (χ1) is 9.19. The molecule has 4 nitrogen and oxygen atoms in total. The summed E-state index contributed by atoms with van der Waals surface area (Å²) < 4.78 is 4.65. The zero-order valence-corrected chi connectivity index (χ0v) is 10.7. The third-order valence-corrected chi connectivity index (χ3v) is 3.79. The molecule has 0 spiro atoms. The first-order valence-corrected chi connectivity index (χ1v) is 6.35. The van der Waals surface area contributed by atoms with Crippen molar-refractivity contribution in [2.24, 2.45) is 5.92 Å². The molecule has 1 fully saturated rings. The Bertz CT molecular complexity index is 547. The van der Waals surface area contributed by atoms with Crippen molar-refractivity contribution in [3.8, 4) is 0 Å². The van der Waals surface area contributed by atoms with Crippen LogP contribution in [0.3, 0.4) is 0 Å². The normalized spacial score (nSPS) is 24.1. The van der Waals surface area contributed by atoms with Crippen LogP contribution in [-0.2, 0) is 16.1 Å². The predicted molar refractivity (Wildman–Crippen MR) is 69.4 cm³/mol. The number of nitrogens with zero attached hydrogens (tertiary/aromatic N) is 1. The maximum absolute atomic E-state index is 12.0. The Hall–Kier alpha value is -2.10. The van der Waals surface area contributed by atoms with Gasteiger partial charge in [-0.05, 0) is 24.1 Å². The van der Waals surface area contributed by atoms with E-state index in [2.05, 4.69) is 10.8 Å². The second-order valence-electron chi connectivity index (χ2n) is 4.95. The number of esters is 1. The Labute approximate surface area is 111 Å². The highest BCUT2D eigenvalue weighted by Gasteiger charge is 2.40. The second-order valence-corrected chi connectivity index (χ2v) is 4.95. The number of amides is 1. The van der Waals surface area contributed by atoms with Crippen molar-refractivity contribution in [3.05, 3.63) is 47.5 Å². The van der Waals surface area contributed by atoms with Gasteiger partial charge in [0.15, 0.2) is 0 Å². The summed E-state index contributed by atoms with van der Waals surface area (Å²) in [6, 6.07) is 7.45. The van der Waals surface area contributed by atoms with Gasteiger partial charge in [0.2, 0.25) is 5.91 Å². The van der Waals surface area contributed by atoms with Crippen LogP contribution < -0.4 is 0 Å². The molecule has 0 N–H and O–H groups in total. The molecule has 3 rings (SSSR count). The van der Waals surface area contributed by atoms with Gasteiger partial charge in [0.25, 0.3) is 0 Å². The standard InChI is InChI=1S/C15H15NO3/c1-19-15(18)11-4-2-10(3-5-11)9-16-13-7-6-12(8-13)14(16)17/h2-7,12-13H,8-9H2,1H3. The maximum Gasteiger partial charge on any atom is 0.337 e. The smallest absolute Gasteiger partial charge is 0.337 e. The molecule has 1 amide bonds. The summed E-state index contributed by atoms with van der Waals surface area (Å²) in [5.41, 5.74) is 1.56. The average Bonchev–Trinajstić information content (AvgIpc) is 3.02. The number of benzene rings is 1. The lowest BCUT2D eigenvalue weighted by Gasteiger charge is -2.24. The molecule has 1 heterocycles. The molecule has 2 atom stereocenters. The fourth-order valence-corrected chi connectivity index (χ4v) is 2.73. The van der Waals surface area contributed by atoms with Gasteiger partial charge in [-0.25, -0.2) is 4.79 Å². The van der Waals surface area contributed by atoms with E-state index in [1.807, 2.05) is 23.1 Å². The molecular weight excluding hydrogens is 242 g/mol. The third kappa shape index (κ3) is 2.03. The van der Waals surface area contributed by atoms with Crippen LogP contribution in [0.15, 0.2) is 36.4 Å². The van der Waals surface area contributed by atoms with E-state index in [1.54, 1.807) is 12.1 Å². The number of rotatable bonds is 3. The van der Waals surface area contributed by atoms with E-state index in [-0.39, 0.29) is 23.8 Å². The number of hydrogen-bond donors (Lipinski definition) is 0. The SMILES string of the molecule is COC(=O)c1ccc(CN2C(=O)C3C=CC2C3)cc1. The number of hydrogen-bond acceptors (Lipinski definition) is 3. The van der Waals surface area contributed by atoms with Gasteiger partial charge in [-0.3, -0.25) is 4.79 Å². The molecule has 0 radical (unpaired) electrons. The van der Waals surface area contributed by atoms with Gasteiger partial charge < -0.3 is 9.64 Å². The molecule has 1 saturated heterocycles. The fourth-order valence-electron chi connectivity index (χ4n) is 2.73. The Kier molecular flexibility index (Phi) is 2.85. The summed E-state index contributed by atoms with van der Waals surface area (Å²) in [4.78, 5) is 25.2. The van der Waals surface area contributed by atoms with Crippen LogP contribution in [0, 0.1) is 5.92 Å². The highest BCUT2D eigenvalue weighted by Crippen LogP contribution is 2.33. The van der Waals surface area contributed by atoms with Crippen LogP contribution in [0.4, 0.5) is 0 Å². The van der Waals surface area contributed by atoms with E-state index >= 15 is 0 Å². The molecule has 1 aromatic rings. The second kappa shape index (κ2) is 4.53. The van der Waals surface area contributed by atoms with Gasteiger partial charge in [-0.15, -0.1) is 0 Å². The Morgan fingerprint density at radius 2 is 2.05 bits per heavy atom. The number of ether oxygens (including phenoxy) is 1. The van der Waals surface area contributed by atoms with Crippen LogP contribution in [0.5, 0.6) is 0 Å². The molecule has 0 saturated carbocycles. The Balaban J connectivity index is 1.72. The predicted octanol–water partition coefficient (Wildman–Crippen LogP) is 1.76. The van der Waals surface area contributed by atoms with E-state index in [4.69, 9.17) is 0 Å². The lowest BCUT2D eigenvalue weighted by molar-refractivity contribution is -0.131. The summed E-state index contributed by atoms with van der Waals surface area (Å²) in [5.74, 6) is -0.0466. The molecule has 1 aliphatic heterocycles. The van der Waals surface area contributed by atoms with E-state index in [0.717, 1.165) is 12.0 Å². The van der Waals surface area contributed by atoms with Crippen LogP contribution in [0.2, 0.25) is 0 Å². The maximum atomic E-state index is 12.0. The summed E-state index contributed by atoms with van der Waals surface area (Å²) in [5, 5.41) is 0. The van der Waals surface area contributed by atoms with Gasteiger partial charge in [-0.2, -0.15) is 0 Å². The molecule has 19 heavy (non-hydrogen) atoms. The molecule has 2 bridgehead atoms. The van der Waals surface area contributed by atoms with Crippen molar-refractivity contribution in [1.29, 1.82) is 0 Å². The van der Waals surface area contributed by atoms with E-state index < -0.39 is 0 Å². The Morgan fingerprint density at radius 3 is 2.63 bits per heavy atom. The van der Waals surface area contributed by atoms with Crippen molar-refractivity contribution < 1.29 is 14.3 Å². The number of fused-ring (bicyclic) bond motifs is 2. The van der Waals surface area contributed by atoms with Crippen molar-refractivity contribution in [2.75, 3.05) is 7.11 Å². The molecule has 98 valence electrons. The number of carbonyl (C=O) groups excluding carboxylic acids is 2. The van der Waals surface area contributed by atoms with Crippen LogP contribution in [0.25, 0.3) is 0 Å². The Morgan fingerprint density at radius 1 is 1.32 bits per heavy atom. The fraction of sp³-hybridized carbons (Fsp3) is 0.333. The molecule has 1 aromatic carbocycles. The molecular formula is C15H15NO3. The first-order valence-electron chi connectivity index (χ1n) is 6.35. The van der Waals surface area contributed by atoms with Gasteiger partial charge in [-0.1, -0.05) is 24.3 Å². The largest absolute Gasteiger partial charge is 0.465 e. The third-order valence-electron chi connectivity index (χ3n) is 3.79. The molecule has 0 aromatic heterocycles. The molecule has 1 aliphatic carbocycles. The summed E-state index contributed by atoms with van der Waals surface area (Å²) >= 11 is 0. The summed E-state index contributed by atoms with van der Waals surface area (Å²) in [6.45, 7) is 0.603. The van der Waals surface area contributed by atoms with E-state index in [9.17, 15) is 9.59 Å². The van der Waals surface area contributed by atoms with Gasteiger partial charge in [0.1, 0.15) is 0 Å². The topological polar surface area (TPSA) is 46.6 Å². The quantitative estimate of drug-likeness (QED) is 0.612. The van der Waals surface area contributed by atoms with E-state index in [0.29, 0.717) is 12.1 Å². The van der Waals surface area contributed by atoms with Crippen molar-refractivity contribution in [2.45, 2.75) is 19.0 Å². The lowest BCUT2D eigenvalue weighted by atomic mass is 10.1. The van der Waals surface area contributed by atoms with Crippen molar-refractivity contribution in [3.63, 3.8) is 0 Å². The van der Waals surface area contributed by atoms with Crippen molar-refractivity contribution >= 4 is 11.9 Å². The first kappa shape index (κ1) is 12.0. The minimum absolute atomic E-state index is 0.0827. The van der Waals surface area contributed by atoms with Gasteiger partial charge in [0.05, 0.1) is 24.6 Å². The van der Waals surface area contributed by atoms with Gasteiger partial charge >= 0.3 is 5.97 Å². The zero-order chi connectivity index (χ0) is 13.4. The van der Waals surface area contributed by atoms with Gasteiger partial charge in [0, 0.05) is 6.54 Å². The molecule has 2 unspecified atom stereocenters. The minimum Gasteiger partial charge on any atom is -0.465 e. The van der Waals surface area contributed by atoms with Crippen LogP contribution in [-0.4, -0.2) is 29.9 Å². The van der Waals surface area contributed by atoms with E-state index in [1.165, 1.54) is 7.11 Å². The number of likely N-dealkylation sites (tertiary alicyclic amines) is 1. The van der Waals surface area contributed by atoms with Crippen molar-refractivity contribution in [1.82, 2.24) is 4.90 Å². The van der Waals surface area contributed by atoms with Crippen LogP contribution in [0.1, 0.15) is 22.3 Å². The summed E-state index contributed by atoms with van der Waals surface area (Å²) in [7, 11) is 1.36. The zero-order valence-electron chi connectivity index (χ0n) is 10.7. The number of methoxy groups -OCH3 is 1.